The molecule has 2 unspecified atom stereocenters. The molecule has 2 saturated heterocycles. The van der Waals surface area contributed by atoms with Gasteiger partial charge in [0.25, 0.3) is 0 Å². The first-order valence-corrected chi connectivity index (χ1v) is 7.20. The average Bonchev–Trinajstić information content (AvgIpc) is 2.91. The molecule has 2 atom stereocenters. The maximum atomic E-state index is 11.3. The Morgan fingerprint density at radius 1 is 1.30 bits per heavy atom. The van der Waals surface area contributed by atoms with Crippen LogP contribution in [0.25, 0.3) is 0 Å². The predicted octanol–water partition coefficient (Wildman–Crippen LogP) is 1.30. The van der Waals surface area contributed by atoms with E-state index in [1.54, 1.807) is 12.1 Å². The van der Waals surface area contributed by atoms with Crippen molar-refractivity contribution >= 4 is 11.8 Å². The van der Waals surface area contributed by atoms with Crippen LogP contribution in [-0.2, 0) is 4.74 Å². The van der Waals surface area contributed by atoms with Gasteiger partial charge in [0.2, 0.25) is 0 Å². The molecule has 6 heteroatoms. The van der Waals surface area contributed by atoms with E-state index in [1.807, 2.05) is 0 Å². The Kier molecular flexibility index (Phi) is 3.82. The highest BCUT2D eigenvalue weighted by atomic mass is 16.5. The summed E-state index contributed by atoms with van der Waals surface area (Å²) in [6, 6.07) is 4.50. The van der Waals surface area contributed by atoms with Crippen LogP contribution < -0.4 is 5.32 Å². The third-order valence-electron chi connectivity index (χ3n) is 4.25. The van der Waals surface area contributed by atoms with Gasteiger partial charge in [-0.15, -0.1) is 10.2 Å². The molecule has 2 aliphatic heterocycles. The van der Waals surface area contributed by atoms with Crippen molar-refractivity contribution in [1.29, 1.82) is 0 Å². The molecule has 2 aliphatic rings. The minimum Gasteiger partial charge on any atom is -0.464 e. The van der Waals surface area contributed by atoms with Crippen molar-refractivity contribution in [2.45, 2.75) is 37.8 Å². The molecule has 0 spiro atoms. The number of carbonyl (C=O) groups excluding carboxylic acids is 1. The molecule has 1 N–H and O–H groups in total. The number of fused-ring (bicyclic) bond motifs is 1. The summed E-state index contributed by atoms with van der Waals surface area (Å²) in [7, 11) is 1.34. The Balaban J connectivity index is 1.64. The topological polar surface area (TPSA) is 67.3 Å². The van der Waals surface area contributed by atoms with E-state index >= 15 is 0 Å². The highest BCUT2D eigenvalue weighted by Crippen LogP contribution is 2.28. The standard InChI is InChI=1S/C14H20N4O2/c1-20-14(19)11-5-6-13(17-16-11)15-10-7-9-18-8-3-2-4-12(10)18/h5-6,10,12H,2-4,7-9H2,1H3,(H,15,17). The molecule has 2 fully saturated rings. The molecular weight excluding hydrogens is 256 g/mol. The van der Waals surface area contributed by atoms with Gasteiger partial charge in [0.15, 0.2) is 5.69 Å². The Morgan fingerprint density at radius 3 is 2.95 bits per heavy atom. The smallest absolute Gasteiger partial charge is 0.358 e. The number of nitrogens with one attached hydrogen (secondary N) is 1. The van der Waals surface area contributed by atoms with Gasteiger partial charge in [0, 0.05) is 18.6 Å². The number of rotatable bonds is 3. The molecule has 3 rings (SSSR count). The lowest BCUT2D eigenvalue weighted by Crippen LogP contribution is -2.41. The van der Waals surface area contributed by atoms with Gasteiger partial charge in [-0.05, 0) is 37.9 Å². The Labute approximate surface area is 118 Å². The van der Waals surface area contributed by atoms with E-state index in [1.165, 1.54) is 32.9 Å². The van der Waals surface area contributed by atoms with Gasteiger partial charge in [0.05, 0.1) is 7.11 Å². The molecule has 108 valence electrons. The lowest BCUT2D eigenvalue weighted by molar-refractivity contribution is 0.0593. The van der Waals surface area contributed by atoms with Crippen molar-refractivity contribution < 1.29 is 9.53 Å². The van der Waals surface area contributed by atoms with E-state index in [-0.39, 0.29) is 5.69 Å². The normalized spacial score (nSPS) is 26.1. The maximum absolute atomic E-state index is 11.3. The quantitative estimate of drug-likeness (QED) is 0.839. The summed E-state index contributed by atoms with van der Waals surface area (Å²) < 4.78 is 4.61. The van der Waals surface area contributed by atoms with Gasteiger partial charge in [0.1, 0.15) is 5.82 Å². The molecule has 6 nitrogen and oxygen atoms in total. The molecule has 0 saturated carbocycles. The van der Waals surface area contributed by atoms with E-state index in [4.69, 9.17) is 0 Å². The van der Waals surface area contributed by atoms with Crippen molar-refractivity contribution in [2.24, 2.45) is 0 Å². The molecule has 1 aromatic heterocycles. The van der Waals surface area contributed by atoms with Crippen LogP contribution in [0.4, 0.5) is 5.82 Å². The van der Waals surface area contributed by atoms with Crippen LogP contribution in [0, 0.1) is 0 Å². The number of methoxy groups -OCH3 is 1. The zero-order valence-corrected chi connectivity index (χ0v) is 11.7. The monoisotopic (exact) mass is 276 g/mol. The van der Waals surface area contributed by atoms with E-state index in [0.29, 0.717) is 12.1 Å². The maximum Gasteiger partial charge on any atom is 0.358 e. The van der Waals surface area contributed by atoms with Crippen LogP contribution in [0.15, 0.2) is 12.1 Å². The molecule has 20 heavy (non-hydrogen) atoms. The fourth-order valence-electron chi connectivity index (χ4n) is 3.23. The summed E-state index contributed by atoms with van der Waals surface area (Å²) >= 11 is 0. The second kappa shape index (κ2) is 5.75. The first-order chi connectivity index (χ1) is 9.78. The number of ether oxygens (including phenoxy) is 1. The summed E-state index contributed by atoms with van der Waals surface area (Å²) in [6.07, 6.45) is 5.03. The number of anilines is 1. The van der Waals surface area contributed by atoms with Crippen LogP contribution >= 0.6 is 0 Å². The van der Waals surface area contributed by atoms with Crippen molar-refractivity contribution in [3.63, 3.8) is 0 Å². The van der Waals surface area contributed by atoms with Gasteiger partial charge in [-0.1, -0.05) is 6.42 Å². The second-order valence-corrected chi connectivity index (χ2v) is 5.43. The third kappa shape index (κ3) is 2.60. The Hall–Kier alpha value is -1.69. The van der Waals surface area contributed by atoms with Crippen molar-refractivity contribution in [3.8, 4) is 0 Å². The molecular formula is C14H20N4O2. The lowest BCUT2D eigenvalue weighted by atomic mass is 9.99. The Morgan fingerprint density at radius 2 is 2.20 bits per heavy atom. The molecule has 0 bridgehead atoms. The van der Waals surface area contributed by atoms with Crippen molar-refractivity contribution in [1.82, 2.24) is 15.1 Å². The summed E-state index contributed by atoms with van der Waals surface area (Å²) in [5.41, 5.74) is 0.240. The highest BCUT2D eigenvalue weighted by Gasteiger charge is 2.35. The predicted molar refractivity (Wildman–Crippen MR) is 74.6 cm³/mol. The van der Waals surface area contributed by atoms with Gasteiger partial charge in [-0.2, -0.15) is 0 Å². The first kappa shape index (κ1) is 13.3. The minimum atomic E-state index is -0.455. The molecule has 3 heterocycles. The fourth-order valence-corrected chi connectivity index (χ4v) is 3.23. The molecule has 1 aromatic rings. The average molecular weight is 276 g/mol. The summed E-state index contributed by atoms with van der Waals surface area (Å²) in [5, 5.41) is 11.4. The fraction of sp³-hybridized carbons (Fsp3) is 0.643. The number of esters is 1. The first-order valence-electron chi connectivity index (χ1n) is 7.20. The molecule has 0 aromatic carbocycles. The number of nitrogens with zero attached hydrogens (tertiary/aromatic N) is 3. The van der Waals surface area contributed by atoms with Crippen molar-refractivity contribution in [2.75, 3.05) is 25.5 Å². The lowest BCUT2D eigenvalue weighted by Gasteiger charge is -2.32. The van der Waals surface area contributed by atoms with Crippen LogP contribution in [0.2, 0.25) is 0 Å². The summed E-state index contributed by atoms with van der Waals surface area (Å²) in [4.78, 5) is 13.9. The number of carbonyl (C=O) groups is 1. The van der Waals surface area contributed by atoms with Crippen LogP contribution in [0.1, 0.15) is 36.2 Å². The zero-order chi connectivity index (χ0) is 13.9. The van der Waals surface area contributed by atoms with Gasteiger partial charge in [-0.3, -0.25) is 4.90 Å². The zero-order valence-electron chi connectivity index (χ0n) is 11.7. The van der Waals surface area contributed by atoms with Crippen LogP contribution in [0.3, 0.4) is 0 Å². The summed E-state index contributed by atoms with van der Waals surface area (Å²) in [5.74, 6) is 0.276. The van der Waals surface area contributed by atoms with Crippen LogP contribution in [0.5, 0.6) is 0 Å². The minimum absolute atomic E-state index is 0.240. The van der Waals surface area contributed by atoms with E-state index in [2.05, 4.69) is 25.2 Å². The number of hydrogen-bond acceptors (Lipinski definition) is 6. The van der Waals surface area contributed by atoms with Crippen LogP contribution in [-0.4, -0.2) is 53.3 Å². The third-order valence-corrected chi connectivity index (χ3v) is 4.25. The van der Waals surface area contributed by atoms with E-state index in [9.17, 15) is 4.79 Å². The Bertz CT molecular complexity index is 477. The highest BCUT2D eigenvalue weighted by molar-refractivity contribution is 5.86. The second-order valence-electron chi connectivity index (χ2n) is 5.43. The molecule has 0 radical (unpaired) electrons. The SMILES string of the molecule is COC(=O)c1ccc(NC2CCN3CCCCC23)nn1. The number of hydrogen-bond donors (Lipinski definition) is 1. The number of piperidine rings is 1. The summed E-state index contributed by atoms with van der Waals surface area (Å²) in [6.45, 7) is 2.38. The van der Waals surface area contributed by atoms with Gasteiger partial charge < -0.3 is 10.1 Å². The van der Waals surface area contributed by atoms with Gasteiger partial charge in [-0.25, -0.2) is 4.79 Å². The largest absolute Gasteiger partial charge is 0.464 e. The van der Waals surface area contributed by atoms with Crippen molar-refractivity contribution in [3.05, 3.63) is 17.8 Å². The van der Waals surface area contributed by atoms with Gasteiger partial charge >= 0.3 is 5.97 Å². The van der Waals surface area contributed by atoms with E-state index in [0.717, 1.165) is 18.8 Å². The molecule has 0 aliphatic carbocycles. The van der Waals surface area contributed by atoms with E-state index < -0.39 is 5.97 Å². The number of aromatic nitrogens is 2. The molecule has 0 amide bonds.